The zero-order valence-corrected chi connectivity index (χ0v) is 18.3. The van der Waals surface area contributed by atoms with E-state index >= 15 is 0 Å². The summed E-state index contributed by atoms with van der Waals surface area (Å²) in [5.41, 5.74) is 1.16. The van der Waals surface area contributed by atoms with Gasteiger partial charge in [0.15, 0.2) is 17.5 Å². The fraction of sp³-hybridized carbons (Fsp3) is 0.636. The van der Waals surface area contributed by atoms with Gasteiger partial charge in [0.2, 0.25) is 5.91 Å². The number of amides is 1. The fourth-order valence-corrected chi connectivity index (χ4v) is 3.66. The molecule has 0 heterocycles. The predicted molar refractivity (Wildman–Crippen MR) is 117 cm³/mol. The average Bonchev–Trinajstić information content (AvgIpc) is 2.75. The van der Waals surface area contributed by atoms with Crippen LogP contribution in [0.15, 0.2) is 23.2 Å². The van der Waals surface area contributed by atoms with Crippen molar-refractivity contribution in [2.45, 2.75) is 51.0 Å². The van der Waals surface area contributed by atoms with Crippen molar-refractivity contribution in [2.75, 3.05) is 41.4 Å². The van der Waals surface area contributed by atoms with Crippen LogP contribution in [0.25, 0.3) is 0 Å². The second kappa shape index (κ2) is 12.2. The molecule has 162 valence electrons. The Hall–Kier alpha value is -2.44. The summed E-state index contributed by atoms with van der Waals surface area (Å²) < 4.78 is 10.7. The molecule has 1 aliphatic carbocycles. The summed E-state index contributed by atoms with van der Waals surface area (Å²) in [6, 6.07) is 6.32. The van der Waals surface area contributed by atoms with E-state index in [4.69, 9.17) is 9.47 Å². The molecular weight excluding hydrogens is 368 g/mol. The van der Waals surface area contributed by atoms with Crippen molar-refractivity contribution in [1.82, 2.24) is 15.5 Å². The third-order valence-electron chi connectivity index (χ3n) is 5.36. The van der Waals surface area contributed by atoms with E-state index in [0.717, 1.165) is 48.8 Å². The molecule has 0 unspecified atom stereocenters. The van der Waals surface area contributed by atoms with Gasteiger partial charge in [-0.05, 0) is 37.0 Å². The minimum Gasteiger partial charge on any atom is -0.493 e. The van der Waals surface area contributed by atoms with Crippen LogP contribution in [-0.2, 0) is 11.2 Å². The van der Waals surface area contributed by atoms with Gasteiger partial charge in [0, 0.05) is 39.6 Å². The van der Waals surface area contributed by atoms with Crippen LogP contribution in [0.3, 0.4) is 0 Å². The van der Waals surface area contributed by atoms with Gasteiger partial charge < -0.3 is 25.0 Å². The van der Waals surface area contributed by atoms with Crippen LogP contribution in [0.2, 0.25) is 0 Å². The number of methoxy groups -OCH3 is 2. The smallest absolute Gasteiger partial charge is 0.221 e. The number of hydrogen-bond donors (Lipinski definition) is 2. The number of likely N-dealkylation sites (N-methyl/N-ethyl adjacent to an activating group) is 1. The number of carbonyl (C=O) groups is 1. The summed E-state index contributed by atoms with van der Waals surface area (Å²) in [5, 5.41) is 6.44. The van der Waals surface area contributed by atoms with Gasteiger partial charge in [-0.3, -0.25) is 9.79 Å². The molecule has 1 fully saturated rings. The molecule has 1 saturated carbocycles. The Morgan fingerprint density at radius 1 is 1.17 bits per heavy atom. The first kappa shape index (κ1) is 22.8. The van der Waals surface area contributed by atoms with Crippen molar-refractivity contribution in [1.29, 1.82) is 0 Å². The number of benzene rings is 1. The van der Waals surface area contributed by atoms with E-state index in [1.807, 2.05) is 25.2 Å². The van der Waals surface area contributed by atoms with Gasteiger partial charge in [-0.1, -0.05) is 25.3 Å². The standard InChI is InChI=1S/C22H36N4O3/c1-23-22(24-14-12-21(27)25-18-8-6-5-7-9-18)26(2)15-13-17-10-11-19(28-3)20(16-17)29-4/h10-11,16,18H,5-9,12-15H2,1-4H3,(H,23,24)(H,25,27). The number of ether oxygens (including phenoxy) is 2. The fourth-order valence-electron chi connectivity index (χ4n) is 3.66. The molecule has 0 spiro atoms. The van der Waals surface area contributed by atoms with Crippen LogP contribution >= 0.6 is 0 Å². The van der Waals surface area contributed by atoms with Crippen LogP contribution in [0, 0.1) is 0 Å². The molecule has 0 aromatic heterocycles. The lowest BCUT2D eigenvalue weighted by Gasteiger charge is -2.24. The molecule has 0 bridgehead atoms. The molecule has 1 aromatic carbocycles. The molecule has 1 aliphatic rings. The molecule has 7 heteroatoms. The molecule has 1 aromatic rings. The number of hydrogen-bond acceptors (Lipinski definition) is 4. The number of nitrogens with zero attached hydrogens (tertiary/aromatic N) is 2. The van der Waals surface area contributed by atoms with E-state index in [1.165, 1.54) is 19.3 Å². The molecule has 0 aliphatic heterocycles. The van der Waals surface area contributed by atoms with Crippen molar-refractivity contribution in [3.8, 4) is 11.5 Å². The maximum Gasteiger partial charge on any atom is 0.221 e. The second-order valence-corrected chi connectivity index (χ2v) is 7.49. The van der Waals surface area contributed by atoms with Crippen LogP contribution in [0.1, 0.15) is 44.1 Å². The van der Waals surface area contributed by atoms with E-state index in [-0.39, 0.29) is 5.91 Å². The van der Waals surface area contributed by atoms with Crippen molar-refractivity contribution in [3.05, 3.63) is 23.8 Å². The van der Waals surface area contributed by atoms with Crippen molar-refractivity contribution in [2.24, 2.45) is 4.99 Å². The van der Waals surface area contributed by atoms with Gasteiger partial charge in [0.1, 0.15) is 0 Å². The maximum absolute atomic E-state index is 12.1. The number of guanidine groups is 1. The first-order valence-corrected chi connectivity index (χ1v) is 10.5. The largest absolute Gasteiger partial charge is 0.493 e. The Bertz CT molecular complexity index is 672. The Morgan fingerprint density at radius 2 is 1.90 bits per heavy atom. The third kappa shape index (κ3) is 7.48. The molecule has 29 heavy (non-hydrogen) atoms. The number of rotatable bonds is 9. The quantitative estimate of drug-likeness (QED) is 0.489. The highest BCUT2D eigenvalue weighted by Crippen LogP contribution is 2.27. The van der Waals surface area contributed by atoms with Gasteiger partial charge >= 0.3 is 0 Å². The summed E-state index contributed by atoms with van der Waals surface area (Å²) in [6.45, 7) is 1.37. The molecule has 2 rings (SSSR count). The SMILES string of the molecule is CN=C(NCCC(=O)NC1CCCCC1)N(C)CCc1ccc(OC)c(OC)c1. The molecule has 1 amide bonds. The normalized spacial score (nSPS) is 15.0. The Labute approximate surface area is 174 Å². The molecule has 2 N–H and O–H groups in total. The van der Waals surface area contributed by atoms with E-state index in [0.29, 0.717) is 19.0 Å². The summed E-state index contributed by atoms with van der Waals surface area (Å²) in [7, 11) is 7.04. The second-order valence-electron chi connectivity index (χ2n) is 7.49. The first-order valence-electron chi connectivity index (χ1n) is 10.5. The monoisotopic (exact) mass is 404 g/mol. The summed E-state index contributed by atoms with van der Waals surface area (Å²) in [5.74, 6) is 2.37. The van der Waals surface area contributed by atoms with Crippen molar-refractivity contribution < 1.29 is 14.3 Å². The Balaban J connectivity index is 1.74. The maximum atomic E-state index is 12.1. The minimum atomic E-state index is 0.118. The predicted octanol–water partition coefficient (Wildman–Crippen LogP) is 2.59. The molecule has 0 saturated heterocycles. The van der Waals surface area contributed by atoms with Crippen LogP contribution in [0.5, 0.6) is 11.5 Å². The Kier molecular flexibility index (Phi) is 9.60. The van der Waals surface area contributed by atoms with E-state index in [9.17, 15) is 4.79 Å². The summed E-state index contributed by atoms with van der Waals surface area (Å²) >= 11 is 0. The lowest BCUT2D eigenvalue weighted by molar-refractivity contribution is -0.121. The van der Waals surface area contributed by atoms with Gasteiger partial charge in [0.25, 0.3) is 0 Å². The highest BCUT2D eigenvalue weighted by molar-refractivity contribution is 5.81. The van der Waals surface area contributed by atoms with Crippen molar-refractivity contribution >= 4 is 11.9 Å². The lowest BCUT2D eigenvalue weighted by atomic mass is 9.95. The van der Waals surface area contributed by atoms with E-state index in [1.54, 1.807) is 21.3 Å². The van der Waals surface area contributed by atoms with Gasteiger partial charge in [0.05, 0.1) is 14.2 Å². The number of nitrogens with one attached hydrogen (secondary N) is 2. The van der Waals surface area contributed by atoms with E-state index in [2.05, 4.69) is 20.5 Å². The van der Waals surface area contributed by atoms with Crippen LogP contribution < -0.4 is 20.1 Å². The zero-order valence-electron chi connectivity index (χ0n) is 18.3. The summed E-state index contributed by atoms with van der Waals surface area (Å²) in [4.78, 5) is 18.5. The first-order chi connectivity index (χ1) is 14.1. The zero-order chi connectivity index (χ0) is 21.1. The molecule has 0 radical (unpaired) electrons. The van der Waals surface area contributed by atoms with Crippen LogP contribution in [0.4, 0.5) is 0 Å². The lowest BCUT2D eigenvalue weighted by Crippen LogP contribution is -2.42. The topological polar surface area (TPSA) is 75.2 Å². The van der Waals surface area contributed by atoms with Gasteiger partial charge in [-0.25, -0.2) is 0 Å². The molecule has 0 atom stereocenters. The number of aliphatic imine (C=N–C) groups is 1. The van der Waals surface area contributed by atoms with E-state index < -0.39 is 0 Å². The summed E-state index contributed by atoms with van der Waals surface area (Å²) in [6.07, 6.45) is 7.26. The van der Waals surface area contributed by atoms with Gasteiger partial charge in [-0.2, -0.15) is 0 Å². The van der Waals surface area contributed by atoms with Crippen LogP contribution in [-0.4, -0.2) is 64.2 Å². The Morgan fingerprint density at radius 3 is 2.55 bits per heavy atom. The highest BCUT2D eigenvalue weighted by atomic mass is 16.5. The third-order valence-corrected chi connectivity index (χ3v) is 5.36. The number of carbonyl (C=O) groups excluding carboxylic acids is 1. The van der Waals surface area contributed by atoms with Crippen molar-refractivity contribution in [3.63, 3.8) is 0 Å². The highest BCUT2D eigenvalue weighted by Gasteiger charge is 2.15. The molecular formula is C22H36N4O3. The van der Waals surface area contributed by atoms with Gasteiger partial charge in [-0.15, -0.1) is 0 Å². The molecule has 7 nitrogen and oxygen atoms in total. The minimum absolute atomic E-state index is 0.118. The average molecular weight is 405 g/mol.